The number of nitrogens with zero attached hydrogens (tertiary/aromatic N) is 2. The van der Waals surface area contributed by atoms with Gasteiger partial charge in [0.1, 0.15) is 10.7 Å². The van der Waals surface area contributed by atoms with E-state index in [1.807, 2.05) is 11.8 Å². The Labute approximate surface area is 163 Å². The highest BCUT2D eigenvalue weighted by atomic mass is 32.2. The van der Waals surface area contributed by atoms with Crippen molar-refractivity contribution in [2.45, 2.75) is 37.2 Å². The highest BCUT2D eigenvalue weighted by Gasteiger charge is 2.32. The number of amides is 1. The molecule has 28 heavy (non-hydrogen) atoms. The Balaban J connectivity index is 1.67. The first-order chi connectivity index (χ1) is 13.5. The van der Waals surface area contributed by atoms with Crippen molar-refractivity contribution in [1.29, 1.82) is 0 Å². The molecule has 1 saturated heterocycles. The van der Waals surface area contributed by atoms with Gasteiger partial charge < -0.3 is 19.4 Å². The summed E-state index contributed by atoms with van der Waals surface area (Å²) < 4.78 is 40.2. The molecule has 2 aliphatic heterocycles. The lowest BCUT2D eigenvalue weighted by Gasteiger charge is -2.32. The van der Waals surface area contributed by atoms with Crippen LogP contribution in [-0.2, 0) is 14.8 Å². The number of furan rings is 1. The van der Waals surface area contributed by atoms with Gasteiger partial charge in [0.05, 0.1) is 24.6 Å². The van der Waals surface area contributed by atoms with E-state index >= 15 is 0 Å². The van der Waals surface area contributed by atoms with E-state index in [9.17, 15) is 13.2 Å². The zero-order valence-corrected chi connectivity index (χ0v) is 16.2. The molecule has 0 radical (unpaired) electrons. The molecule has 1 aromatic heterocycles. The second-order valence-corrected chi connectivity index (χ2v) is 8.27. The van der Waals surface area contributed by atoms with Gasteiger partial charge in [0, 0.05) is 18.7 Å². The fourth-order valence-electron chi connectivity index (χ4n) is 3.45. The first kappa shape index (κ1) is 18.7. The van der Waals surface area contributed by atoms with Crippen molar-refractivity contribution in [3.8, 4) is 0 Å². The number of sulfonamides is 1. The Morgan fingerprint density at radius 3 is 2.89 bits per heavy atom. The number of ether oxygens (including phenoxy) is 1. The van der Waals surface area contributed by atoms with Crippen LogP contribution in [0.25, 0.3) is 0 Å². The Hall–Kier alpha value is -2.65. The fourth-order valence-corrected chi connectivity index (χ4v) is 4.77. The van der Waals surface area contributed by atoms with Gasteiger partial charge in [0.25, 0.3) is 15.9 Å². The molecule has 0 unspecified atom stereocenters. The maximum absolute atomic E-state index is 12.7. The molecule has 0 aliphatic carbocycles. The summed E-state index contributed by atoms with van der Waals surface area (Å²) in [5.41, 5.74) is 0.911. The first-order valence-electron chi connectivity index (χ1n) is 9.20. The number of nitrogens with one attached hydrogen (secondary N) is 1. The number of carbonyl (C=O) groups excluding carboxylic acids is 1. The molecular formula is C19H21N3O5S. The van der Waals surface area contributed by atoms with Gasteiger partial charge in [-0.1, -0.05) is 6.92 Å². The van der Waals surface area contributed by atoms with Gasteiger partial charge in [-0.05, 0) is 43.2 Å². The van der Waals surface area contributed by atoms with E-state index in [0.29, 0.717) is 30.2 Å². The van der Waals surface area contributed by atoms with Gasteiger partial charge in [0.2, 0.25) is 0 Å². The van der Waals surface area contributed by atoms with Crippen molar-refractivity contribution in [1.82, 2.24) is 0 Å². The van der Waals surface area contributed by atoms with Gasteiger partial charge in [0.15, 0.2) is 5.76 Å². The van der Waals surface area contributed by atoms with Crippen LogP contribution in [0.2, 0.25) is 0 Å². The van der Waals surface area contributed by atoms with Crippen LogP contribution in [0.1, 0.15) is 36.7 Å². The van der Waals surface area contributed by atoms with Gasteiger partial charge in [-0.3, -0.25) is 4.79 Å². The maximum atomic E-state index is 12.7. The Morgan fingerprint density at radius 1 is 1.36 bits per heavy atom. The highest BCUT2D eigenvalue weighted by Crippen LogP contribution is 2.35. The Bertz CT molecular complexity index is 1010. The van der Waals surface area contributed by atoms with Gasteiger partial charge in [-0.2, -0.15) is 8.42 Å². The molecule has 0 bridgehead atoms. The summed E-state index contributed by atoms with van der Waals surface area (Å²) in [6.07, 6.45) is 3.87. The van der Waals surface area contributed by atoms with E-state index in [2.05, 4.69) is 9.71 Å². The SMILES string of the molecule is CCC1=NS(=O)(=O)c2cc(NC(=O)c3ccco3)ccc2N1C[C@@H]1CCCO1. The smallest absolute Gasteiger partial charge is 0.291 e. The predicted octanol–water partition coefficient (Wildman–Crippen LogP) is 3.03. The molecule has 3 heterocycles. The molecule has 148 valence electrons. The molecule has 2 aliphatic rings. The molecule has 1 atom stereocenters. The first-order valence-corrected chi connectivity index (χ1v) is 10.6. The molecule has 1 aromatic carbocycles. The number of hydrogen-bond donors (Lipinski definition) is 1. The third kappa shape index (κ3) is 3.55. The molecule has 2 aromatic rings. The number of benzene rings is 1. The molecule has 1 N–H and O–H groups in total. The average Bonchev–Trinajstić information content (AvgIpc) is 3.38. The number of carbonyl (C=O) groups is 1. The number of amidine groups is 1. The van der Waals surface area contributed by atoms with Crippen molar-refractivity contribution < 1.29 is 22.4 Å². The van der Waals surface area contributed by atoms with Gasteiger partial charge >= 0.3 is 0 Å². The van der Waals surface area contributed by atoms with Crippen molar-refractivity contribution in [3.63, 3.8) is 0 Å². The fraction of sp³-hybridized carbons (Fsp3) is 0.368. The van der Waals surface area contributed by atoms with Crippen LogP contribution in [0, 0.1) is 0 Å². The second kappa shape index (κ2) is 7.40. The quantitative estimate of drug-likeness (QED) is 0.823. The summed E-state index contributed by atoms with van der Waals surface area (Å²) in [4.78, 5) is 14.2. The summed E-state index contributed by atoms with van der Waals surface area (Å²) >= 11 is 0. The van der Waals surface area contributed by atoms with Crippen LogP contribution < -0.4 is 10.2 Å². The minimum atomic E-state index is -3.85. The number of fused-ring (bicyclic) bond motifs is 1. The third-order valence-electron chi connectivity index (χ3n) is 4.79. The van der Waals surface area contributed by atoms with E-state index in [-0.39, 0.29) is 16.8 Å². The van der Waals surface area contributed by atoms with Crippen LogP contribution in [0.15, 0.2) is 50.3 Å². The van der Waals surface area contributed by atoms with E-state index in [1.165, 1.54) is 18.4 Å². The number of hydrogen-bond acceptors (Lipinski definition) is 6. The third-order valence-corrected chi connectivity index (χ3v) is 6.13. The van der Waals surface area contributed by atoms with Crippen LogP contribution in [0.4, 0.5) is 11.4 Å². The maximum Gasteiger partial charge on any atom is 0.291 e. The summed E-state index contributed by atoms with van der Waals surface area (Å²) in [6.45, 7) is 3.15. The largest absolute Gasteiger partial charge is 0.459 e. The lowest BCUT2D eigenvalue weighted by Crippen LogP contribution is -2.40. The highest BCUT2D eigenvalue weighted by molar-refractivity contribution is 7.90. The van der Waals surface area contributed by atoms with Crippen LogP contribution >= 0.6 is 0 Å². The minimum Gasteiger partial charge on any atom is -0.459 e. The molecule has 1 fully saturated rings. The number of rotatable bonds is 5. The number of anilines is 2. The van der Waals surface area contributed by atoms with Crippen molar-refractivity contribution in [3.05, 3.63) is 42.4 Å². The molecule has 0 saturated carbocycles. The average molecular weight is 403 g/mol. The summed E-state index contributed by atoms with van der Waals surface area (Å²) in [5, 5.41) is 2.66. The standard InChI is InChI=1S/C19H21N3O5S/c1-2-18-21-28(24,25)17-11-13(20-19(23)16-6-4-10-27-16)7-8-15(17)22(18)12-14-5-3-9-26-14/h4,6-8,10-11,14H,2-3,5,9,12H2,1H3,(H,20,23)/t14-/m0/s1. The molecule has 1 amide bonds. The van der Waals surface area contributed by atoms with Crippen LogP contribution in [-0.4, -0.2) is 39.4 Å². The predicted molar refractivity (Wildman–Crippen MR) is 104 cm³/mol. The van der Waals surface area contributed by atoms with E-state index < -0.39 is 15.9 Å². The summed E-state index contributed by atoms with van der Waals surface area (Å²) in [6, 6.07) is 7.95. The van der Waals surface area contributed by atoms with Crippen molar-refractivity contribution in [2.75, 3.05) is 23.4 Å². The van der Waals surface area contributed by atoms with E-state index in [4.69, 9.17) is 9.15 Å². The lowest BCUT2D eigenvalue weighted by atomic mass is 10.2. The normalized spacial score (nSPS) is 20.5. The topological polar surface area (TPSA) is 101 Å². The monoisotopic (exact) mass is 403 g/mol. The molecular weight excluding hydrogens is 382 g/mol. The Kier molecular flexibility index (Phi) is 4.94. The second-order valence-electron chi connectivity index (χ2n) is 6.70. The minimum absolute atomic E-state index is 0.0451. The van der Waals surface area contributed by atoms with Gasteiger partial charge in [-0.15, -0.1) is 4.40 Å². The van der Waals surface area contributed by atoms with Crippen molar-refractivity contribution in [2.24, 2.45) is 4.40 Å². The summed E-state index contributed by atoms with van der Waals surface area (Å²) in [7, 11) is -3.85. The molecule has 4 rings (SSSR count). The zero-order chi connectivity index (χ0) is 19.7. The van der Waals surface area contributed by atoms with Crippen molar-refractivity contribution >= 4 is 33.1 Å². The van der Waals surface area contributed by atoms with E-state index in [1.54, 1.807) is 18.2 Å². The molecule has 8 nitrogen and oxygen atoms in total. The molecule has 0 spiro atoms. The zero-order valence-electron chi connectivity index (χ0n) is 15.4. The molecule has 9 heteroatoms. The van der Waals surface area contributed by atoms with Gasteiger partial charge in [-0.25, -0.2) is 0 Å². The Morgan fingerprint density at radius 2 is 2.21 bits per heavy atom. The van der Waals surface area contributed by atoms with E-state index in [0.717, 1.165) is 19.4 Å². The lowest BCUT2D eigenvalue weighted by molar-refractivity contribution is 0.0996. The summed E-state index contributed by atoms with van der Waals surface area (Å²) in [5.74, 6) is 0.189. The van der Waals surface area contributed by atoms with Crippen LogP contribution in [0.3, 0.4) is 0 Å². The van der Waals surface area contributed by atoms with Crippen LogP contribution in [0.5, 0.6) is 0 Å².